The number of halogens is 1. The molecule has 0 spiro atoms. The van der Waals surface area contributed by atoms with Crippen LogP contribution in [0, 0.1) is 0 Å². The standard InChI is InChI=1S/C26H13ClN2S2/c27-26-28-23-17-10-4-6-12-20(17)31-25(23)24(29-26)18-13-21-22(15-8-2-1-7-14(15)18)16-9-3-5-11-19(16)30-21/h1-13H. The van der Waals surface area contributed by atoms with Gasteiger partial charge < -0.3 is 0 Å². The summed E-state index contributed by atoms with van der Waals surface area (Å²) in [6.45, 7) is 0. The molecule has 4 aromatic carbocycles. The average molecular weight is 453 g/mol. The van der Waals surface area contributed by atoms with Crippen molar-refractivity contribution in [2.75, 3.05) is 0 Å². The largest absolute Gasteiger partial charge is 0.223 e. The first-order valence-electron chi connectivity index (χ1n) is 9.96. The molecule has 7 rings (SSSR count). The number of rotatable bonds is 1. The lowest BCUT2D eigenvalue weighted by atomic mass is 9.97. The van der Waals surface area contributed by atoms with Crippen LogP contribution < -0.4 is 0 Å². The fourth-order valence-corrected chi connectivity index (χ4v) is 7.01. The minimum atomic E-state index is 0.284. The van der Waals surface area contributed by atoms with E-state index in [-0.39, 0.29) is 5.28 Å². The Morgan fingerprint density at radius 1 is 0.613 bits per heavy atom. The van der Waals surface area contributed by atoms with E-state index in [1.165, 1.54) is 35.6 Å². The molecule has 2 nitrogen and oxygen atoms in total. The van der Waals surface area contributed by atoms with Crippen LogP contribution in [0.25, 0.3) is 62.5 Å². The van der Waals surface area contributed by atoms with E-state index < -0.39 is 0 Å². The molecule has 0 saturated carbocycles. The van der Waals surface area contributed by atoms with Gasteiger partial charge in [0.05, 0.1) is 15.9 Å². The van der Waals surface area contributed by atoms with Gasteiger partial charge in [-0.05, 0) is 40.6 Å². The maximum atomic E-state index is 6.45. The van der Waals surface area contributed by atoms with E-state index in [1.54, 1.807) is 11.3 Å². The third-order valence-corrected chi connectivity index (χ3v) is 8.29. The second kappa shape index (κ2) is 6.47. The van der Waals surface area contributed by atoms with Crippen LogP contribution in [0.15, 0.2) is 78.9 Å². The van der Waals surface area contributed by atoms with Gasteiger partial charge in [-0.2, -0.15) is 0 Å². The highest BCUT2D eigenvalue weighted by Gasteiger charge is 2.19. The van der Waals surface area contributed by atoms with Gasteiger partial charge in [0.2, 0.25) is 5.28 Å². The van der Waals surface area contributed by atoms with Gasteiger partial charge in [-0.25, -0.2) is 9.97 Å². The maximum absolute atomic E-state index is 6.45. The minimum absolute atomic E-state index is 0.284. The Bertz CT molecular complexity index is 1810. The van der Waals surface area contributed by atoms with Crippen molar-refractivity contribution in [1.29, 1.82) is 0 Å². The van der Waals surface area contributed by atoms with Crippen molar-refractivity contribution in [3.8, 4) is 11.3 Å². The lowest BCUT2D eigenvalue weighted by molar-refractivity contribution is 1.24. The van der Waals surface area contributed by atoms with E-state index in [4.69, 9.17) is 16.6 Å². The Morgan fingerprint density at radius 3 is 2.06 bits per heavy atom. The second-order valence-electron chi connectivity index (χ2n) is 7.56. The summed E-state index contributed by atoms with van der Waals surface area (Å²) in [5, 5.41) is 6.46. The Hall–Kier alpha value is -3.05. The van der Waals surface area contributed by atoms with E-state index in [9.17, 15) is 0 Å². The van der Waals surface area contributed by atoms with Gasteiger partial charge in [0.15, 0.2) is 0 Å². The summed E-state index contributed by atoms with van der Waals surface area (Å²) in [4.78, 5) is 9.34. The van der Waals surface area contributed by atoms with Gasteiger partial charge in [0.1, 0.15) is 0 Å². The molecule has 0 radical (unpaired) electrons. The molecule has 0 amide bonds. The predicted molar refractivity (Wildman–Crippen MR) is 136 cm³/mol. The molecule has 0 saturated heterocycles. The quantitative estimate of drug-likeness (QED) is 0.233. The molecule has 0 aliphatic heterocycles. The topological polar surface area (TPSA) is 25.8 Å². The fourth-order valence-electron chi connectivity index (χ4n) is 4.53. The van der Waals surface area contributed by atoms with E-state index in [2.05, 4.69) is 77.8 Å². The number of hydrogen-bond acceptors (Lipinski definition) is 4. The summed E-state index contributed by atoms with van der Waals surface area (Å²) in [6.07, 6.45) is 0. The monoisotopic (exact) mass is 452 g/mol. The highest BCUT2D eigenvalue weighted by Crippen LogP contribution is 2.45. The Balaban J connectivity index is 1.68. The highest BCUT2D eigenvalue weighted by molar-refractivity contribution is 7.26. The summed E-state index contributed by atoms with van der Waals surface area (Å²) in [5.41, 5.74) is 2.94. The number of benzene rings is 4. The van der Waals surface area contributed by atoms with Gasteiger partial charge in [0.25, 0.3) is 0 Å². The lowest BCUT2D eigenvalue weighted by Crippen LogP contribution is -1.90. The molecule has 0 N–H and O–H groups in total. The molecule has 5 heteroatoms. The third kappa shape index (κ3) is 2.50. The number of hydrogen-bond donors (Lipinski definition) is 0. The lowest BCUT2D eigenvalue weighted by Gasteiger charge is -2.09. The third-order valence-electron chi connectivity index (χ3n) is 5.83. The SMILES string of the molecule is Clc1nc(-c2cc3sc4ccccc4c3c3ccccc23)c2sc3ccccc3c2n1. The van der Waals surface area contributed by atoms with E-state index in [0.717, 1.165) is 26.9 Å². The number of aromatic nitrogens is 2. The summed E-state index contributed by atoms with van der Waals surface area (Å²) in [5.74, 6) is 0. The molecule has 7 aromatic rings. The summed E-state index contributed by atoms with van der Waals surface area (Å²) >= 11 is 10.0. The molecule has 0 aliphatic carbocycles. The first-order chi connectivity index (χ1) is 15.3. The molecule has 3 heterocycles. The molecule has 31 heavy (non-hydrogen) atoms. The zero-order chi connectivity index (χ0) is 20.5. The predicted octanol–water partition coefficient (Wildman–Crippen LogP) is 8.69. The zero-order valence-corrected chi connectivity index (χ0v) is 18.5. The van der Waals surface area contributed by atoms with Crippen LogP contribution in [-0.2, 0) is 0 Å². The van der Waals surface area contributed by atoms with E-state index >= 15 is 0 Å². The van der Waals surface area contributed by atoms with Crippen molar-refractivity contribution in [3.63, 3.8) is 0 Å². The molecule has 0 unspecified atom stereocenters. The van der Waals surface area contributed by atoms with Crippen LogP contribution in [0.3, 0.4) is 0 Å². The van der Waals surface area contributed by atoms with Crippen LogP contribution in [-0.4, -0.2) is 9.97 Å². The van der Waals surface area contributed by atoms with Gasteiger partial charge in [-0.3, -0.25) is 0 Å². The Morgan fingerprint density at radius 2 is 1.26 bits per heavy atom. The number of nitrogens with zero attached hydrogens (tertiary/aromatic N) is 2. The van der Waals surface area contributed by atoms with Crippen LogP contribution in [0.2, 0.25) is 5.28 Å². The van der Waals surface area contributed by atoms with Crippen molar-refractivity contribution < 1.29 is 0 Å². The van der Waals surface area contributed by atoms with Crippen LogP contribution in [0.1, 0.15) is 0 Å². The van der Waals surface area contributed by atoms with Crippen molar-refractivity contribution in [2.45, 2.75) is 0 Å². The summed E-state index contributed by atoms with van der Waals surface area (Å²) < 4.78 is 4.84. The molecular formula is C26H13ClN2S2. The van der Waals surface area contributed by atoms with E-state index in [0.29, 0.717) is 0 Å². The highest BCUT2D eigenvalue weighted by atomic mass is 35.5. The van der Waals surface area contributed by atoms with Crippen molar-refractivity contribution in [1.82, 2.24) is 9.97 Å². The van der Waals surface area contributed by atoms with Gasteiger partial charge >= 0.3 is 0 Å². The van der Waals surface area contributed by atoms with Gasteiger partial charge in [-0.1, -0.05) is 60.7 Å². The second-order valence-corrected chi connectivity index (χ2v) is 10.0. The number of fused-ring (bicyclic) bond motifs is 8. The minimum Gasteiger partial charge on any atom is -0.216 e. The smallest absolute Gasteiger partial charge is 0.216 e. The van der Waals surface area contributed by atoms with Crippen molar-refractivity contribution >= 4 is 85.5 Å². The molecular weight excluding hydrogens is 440 g/mol. The Labute approximate surface area is 190 Å². The van der Waals surface area contributed by atoms with Gasteiger partial charge in [0, 0.05) is 35.8 Å². The number of thiophene rings is 2. The first-order valence-corrected chi connectivity index (χ1v) is 12.0. The normalized spacial score (nSPS) is 12.0. The van der Waals surface area contributed by atoms with Gasteiger partial charge in [-0.15, -0.1) is 22.7 Å². The molecule has 0 aliphatic rings. The molecule has 0 bridgehead atoms. The molecule has 146 valence electrons. The summed E-state index contributed by atoms with van der Waals surface area (Å²) in [6, 6.07) is 27.9. The van der Waals surface area contributed by atoms with Crippen molar-refractivity contribution in [3.05, 3.63) is 84.1 Å². The first kappa shape index (κ1) is 17.6. The molecule has 3 aromatic heterocycles. The maximum Gasteiger partial charge on any atom is 0.223 e. The van der Waals surface area contributed by atoms with E-state index in [1.807, 2.05) is 17.4 Å². The molecule has 0 atom stereocenters. The van der Waals surface area contributed by atoms with Crippen LogP contribution in [0.5, 0.6) is 0 Å². The van der Waals surface area contributed by atoms with Crippen molar-refractivity contribution in [2.24, 2.45) is 0 Å². The van der Waals surface area contributed by atoms with Crippen LogP contribution >= 0.6 is 34.3 Å². The Kier molecular flexibility index (Phi) is 3.68. The summed E-state index contributed by atoms with van der Waals surface area (Å²) in [7, 11) is 0. The fraction of sp³-hybridized carbons (Fsp3) is 0. The average Bonchev–Trinajstić information content (AvgIpc) is 3.36. The zero-order valence-electron chi connectivity index (χ0n) is 16.1. The van der Waals surface area contributed by atoms with Crippen LogP contribution in [0.4, 0.5) is 0 Å². The molecule has 0 fully saturated rings.